The monoisotopic (exact) mass is 1190 g/mol. The molecule has 87 heavy (non-hydrogen) atoms. The number of fused-ring (bicyclic) bond motifs is 8. The van der Waals surface area contributed by atoms with E-state index in [1.807, 2.05) is 0 Å². The lowest BCUT2D eigenvalue weighted by molar-refractivity contribution is 1.22. The first-order chi connectivity index (χ1) is 60.5. The molecule has 4 aliphatic heterocycles. The van der Waals surface area contributed by atoms with Crippen LogP contribution in [-0.2, 0) is 0 Å². The Morgan fingerprint density at radius 2 is 0.816 bits per heavy atom. The second-order valence-corrected chi connectivity index (χ2v) is 21.8. The Bertz CT molecular complexity index is 7010. The van der Waals surface area contributed by atoms with Crippen molar-refractivity contribution in [3.05, 3.63) is 314 Å². The molecule has 0 fully saturated rings. The quantitative estimate of drug-likeness (QED) is 0.126. The average Bonchev–Trinajstić information content (AvgIpc) is 0.678. The summed E-state index contributed by atoms with van der Waals surface area (Å²) < 4.78 is 396. The van der Waals surface area contributed by atoms with Gasteiger partial charge in [-0.05, 0) is 148 Å². The smallest absolute Gasteiger partial charge is 0.249 e. The van der Waals surface area contributed by atoms with Gasteiger partial charge in [0, 0.05) is 93.3 Å². The van der Waals surface area contributed by atoms with Crippen LogP contribution in [0, 0.1) is 6.92 Å². The van der Waals surface area contributed by atoms with E-state index in [1.54, 1.807) is 0 Å². The largest absolute Gasteiger partial charge is 0.311 e. The summed E-state index contributed by atoms with van der Waals surface area (Å²) in [5.74, 6) is 0. The van der Waals surface area contributed by atoms with Crippen molar-refractivity contribution in [1.29, 1.82) is 0 Å². The highest BCUT2D eigenvalue weighted by Crippen LogP contribution is 2.53. The van der Waals surface area contributed by atoms with E-state index in [2.05, 4.69) is 0 Å². The summed E-state index contributed by atoms with van der Waals surface area (Å²) in [4.78, 5) is 3.13. The Morgan fingerprint density at radius 3 is 1.41 bits per heavy atom. The lowest BCUT2D eigenvalue weighted by Crippen LogP contribution is -2.64. The van der Waals surface area contributed by atoms with Gasteiger partial charge in [0.2, 0.25) is 13.4 Å². The van der Waals surface area contributed by atoms with Crippen molar-refractivity contribution < 1.29 is 57.6 Å². The zero-order valence-electron chi connectivity index (χ0n) is 86.5. The van der Waals surface area contributed by atoms with E-state index in [0.29, 0.717) is 23.5 Å². The second kappa shape index (κ2) is 21.1. The maximum Gasteiger partial charge on any atom is 0.249 e. The fraction of sp³-hybridized carbons (Fsp3) is 0.0127. The predicted molar refractivity (Wildman–Crippen MR) is 371 cm³/mol. The lowest BCUT2D eigenvalue weighted by atomic mass is 9.31. The van der Waals surface area contributed by atoms with E-state index < -0.39 is 352 Å². The Morgan fingerprint density at radius 1 is 0.345 bits per heavy atom. The molecule has 17 rings (SSSR count). The molecule has 0 bridgehead atoms. The Balaban J connectivity index is 1.12. The molecule has 0 aromatic heterocycles. The van der Waals surface area contributed by atoms with Crippen LogP contribution in [0.1, 0.15) is 63.1 Å². The molecule has 408 valence electrons. The third kappa shape index (κ3) is 8.57. The number of nitrogens with zero attached hydrogens (tertiary/aromatic N) is 4. The van der Waals surface area contributed by atoms with Crippen molar-refractivity contribution in [2.75, 3.05) is 19.6 Å². The van der Waals surface area contributed by atoms with Crippen LogP contribution in [0.15, 0.2) is 328 Å². The molecule has 4 heterocycles. The molecule has 0 radical (unpaired) electrons. The molecule has 13 aromatic rings. The zero-order chi connectivity index (χ0) is 94.1. The van der Waals surface area contributed by atoms with Gasteiger partial charge in [0.05, 0.1) is 63.3 Å². The van der Waals surface area contributed by atoms with E-state index in [-0.39, 0.29) is 63.8 Å². The van der Waals surface area contributed by atoms with Gasteiger partial charge < -0.3 is 19.6 Å². The van der Waals surface area contributed by atoms with Crippen molar-refractivity contribution in [1.82, 2.24) is 0 Å². The molecule has 0 aliphatic carbocycles. The standard InChI is InChI=1S/C79H54B2N4S2/c1-53-26-24-39-60(46-53)83(58-35-16-6-17-36-58)62-47-71-77-76(50-62)87-74-52-70-67(51-68(74)80(77)65-42-20-22-44-69(65)84(71)59-37-18-7-19-38-59)81-66-43-21-23-45-73(66)86-75-49-61(82(56-31-12-4-13-32-56)57-33-14-5-15-34-57)48-72(78(75)81)85(70)79-63(54-27-8-2-9-28-54)40-25-41-64(79)55-29-10-3-11-30-55/h2-52H,1H3/i2D,3D,4D,5D,6D,7D,8D,9D,10D,11D,12D,13D,14D,15D,16D,17D,18D,19D,20D,21D,22D,23D,24D,26D,27D,28D,29D,30D,31D,32D,33D,34D,35D,36D,37D,38D,39D,42D,43D,44D,45D,46D. The second-order valence-electron chi connectivity index (χ2n) is 19.7. The first kappa shape index (κ1) is 24.3. The van der Waals surface area contributed by atoms with Crippen LogP contribution in [0.4, 0.5) is 68.2 Å². The third-order valence-corrected chi connectivity index (χ3v) is 17.2. The maximum absolute atomic E-state index is 10.3. The highest BCUT2D eigenvalue weighted by Gasteiger charge is 2.47. The average molecular weight is 1190 g/mol. The third-order valence-electron chi connectivity index (χ3n) is 15.0. The van der Waals surface area contributed by atoms with Gasteiger partial charge in [-0.25, -0.2) is 0 Å². The van der Waals surface area contributed by atoms with Crippen LogP contribution in [0.3, 0.4) is 0 Å². The molecule has 0 N–H and O–H groups in total. The van der Waals surface area contributed by atoms with Gasteiger partial charge in [-0.2, -0.15) is 0 Å². The number of hydrogen-bond acceptors (Lipinski definition) is 6. The highest BCUT2D eigenvalue weighted by atomic mass is 32.2. The minimum atomic E-state index is -1.76. The summed E-state index contributed by atoms with van der Waals surface area (Å²) in [5, 5.41) is 0. The van der Waals surface area contributed by atoms with Crippen LogP contribution < -0.4 is 52.4 Å². The van der Waals surface area contributed by atoms with Gasteiger partial charge in [-0.15, -0.1) is 0 Å². The van der Waals surface area contributed by atoms with E-state index in [4.69, 9.17) is 17.8 Å². The summed E-state index contributed by atoms with van der Waals surface area (Å²) >= 11 is 1.34. The summed E-state index contributed by atoms with van der Waals surface area (Å²) in [6, 6.07) is -28.1. The first-order valence-electron chi connectivity index (χ1n) is 47.4. The molecule has 0 spiro atoms. The number of para-hydroxylation sites is 6. The van der Waals surface area contributed by atoms with Crippen molar-refractivity contribution in [3.63, 3.8) is 0 Å². The normalized spacial score (nSPS) is 19.7. The molecule has 0 atom stereocenters. The van der Waals surface area contributed by atoms with Gasteiger partial charge in [0.15, 0.2) is 0 Å². The van der Waals surface area contributed by atoms with Crippen LogP contribution >= 0.6 is 23.5 Å². The SMILES string of the molecule is [2H]c1c([2H])c([2H])c(-c2cccc(-c3c([2H])c([2H])c([2H])c([2H])c3[2H])c2N2c3cc4c(cc3B3c5c(cc(N(c6c([2H])c([2H])c([2H])c([2H])c6[2H])c6c([2H])c([2H])c([2H])c([2H])c6[2H])cc52)Sc2c([2H])c([2H])c([2H])c([2H])c23)B2c3c(cc(N(c5c([2H])c([2H])c([2H])c([2H])c5[2H])c5c([2H])c([2H])c([2H])c(C)c5[2H])cc3N(c3c([2H])c([2H])c([2H])c([2H])c3[2H])c3c([2H])c([2H])c([2H])c([2H])c32)S4)c([2H])c1[2H]. The molecular formula is C79H54B2N4S2. The topological polar surface area (TPSA) is 13.0 Å². The Hall–Kier alpha value is -10.1. The number of benzene rings is 13. The Labute approximate surface area is 576 Å². The van der Waals surface area contributed by atoms with E-state index >= 15 is 0 Å². The van der Waals surface area contributed by atoms with Crippen LogP contribution in [-0.4, -0.2) is 13.4 Å². The lowest BCUT2D eigenvalue weighted by Gasteiger charge is -2.44. The molecule has 8 heteroatoms. The zero-order valence-corrected chi connectivity index (χ0v) is 46.1. The minimum Gasteiger partial charge on any atom is -0.311 e. The van der Waals surface area contributed by atoms with Gasteiger partial charge in [0.1, 0.15) is 0 Å². The van der Waals surface area contributed by atoms with Crippen LogP contribution in [0.5, 0.6) is 0 Å². The molecule has 0 saturated heterocycles. The maximum atomic E-state index is 10.3. The highest BCUT2D eigenvalue weighted by molar-refractivity contribution is 8.00. The first-order valence-corrected chi connectivity index (χ1v) is 28.1. The molecule has 13 aromatic carbocycles. The van der Waals surface area contributed by atoms with Crippen LogP contribution in [0.25, 0.3) is 22.3 Å². The molecule has 4 aliphatic rings. The fourth-order valence-electron chi connectivity index (χ4n) is 11.7. The van der Waals surface area contributed by atoms with Gasteiger partial charge in [-0.3, -0.25) is 0 Å². The number of rotatable bonds is 10. The van der Waals surface area contributed by atoms with Crippen molar-refractivity contribution in [2.45, 2.75) is 26.5 Å². The molecule has 0 amide bonds. The predicted octanol–water partition coefficient (Wildman–Crippen LogP) is 17.8. The van der Waals surface area contributed by atoms with Crippen LogP contribution in [0.2, 0.25) is 0 Å². The molecule has 4 nitrogen and oxygen atoms in total. The van der Waals surface area contributed by atoms with Crippen molar-refractivity contribution in [3.8, 4) is 22.3 Å². The fourth-order valence-corrected chi connectivity index (χ4v) is 14.1. The molecule has 0 saturated carbocycles. The van der Waals surface area contributed by atoms with Gasteiger partial charge >= 0.3 is 0 Å². The molecule has 0 unspecified atom stereocenters. The van der Waals surface area contributed by atoms with E-state index in [1.165, 1.54) is 60.4 Å². The summed E-state index contributed by atoms with van der Waals surface area (Å²) in [5.41, 5.74) is -11.0. The summed E-state index contributed by atoms with van der Waals surface area (Å²) in [6.45, 7) is -2.26. The minimum absolute atomic E-state index is 0.0439. The van der Waals surface area contributed by atoms with E-state index in [0.717, 1.165) is 20.8 Å². The number of hydrogen-bond donors (Lipinski definition) is 0. The molecular weight excluding hydrogens is 1090 g/mol. The van der Waals surface area contributed by atoms with Crippen molar-refractivity contribution >= 4 is 138 Å². The van der Waals surface area contributed by atoms with Crippen molar-refractivity contribution in [2.24, 2.45) is 0 Å². The van der Waals surface area contributed by atoms with Gasteiger partial charge in [0.25, 0.3) is 0 Å². The van der Waals surface area contributed by atoms with Gasteiger partial charge in [-0.1, -0.05) is 240 Å². The van der Waals surface area contributed by atoms with E-state index in [9.17, 15) is 39.8 Å². The Kier molecular flexibility index (Phi) is 5.91. The summed E-state index contributed by atoms with van der Waals surface area (Å²) in [7, 11) is 0. The summed E-state index contributed by atoms with van der Waals surface area (Å²) in [6.07, 6.45) is 0. The number of anilines is 12.